The number of hydrogen-bond donors (Lipinski definition) is 1. The van der Waals surface area contributed by atoms with Gasteiger partial charge in [0.2, 0.25) is 0 Å². The van der Waals surface area contributed by atoms with Crippen LogP contribution in [0.5, 0.6) is 0 Å². The molecule has 1 aromatic rings. The van der Waals surface area contributed by atoms with Crippen molar-refractivity contribution in [3.05, 3.63) is 35.4 Å². The fourth-order valence-electron chi connectivity index (χ4n) is 1.25. The lowest BCUT2D eigenvalue weighted by atomic mass is 10.0. The van der Waals surface area contributed by atoms with Crippen LogP contribution in [-0.4, -0.2) is 6.04 Å². The molecule has 0 saturated carbocycles. The molecular formula is C11H14F3N. The summed E-state index contributed by atoms with van der Waals surface area (Å²) in [6, 6.07) is 5.30. The van der Waals surface area contributed by atoms with Gasteiger partial charge in [0.05, 0.1) is 5.56 Å². The number of rotatable bonds is 3. The molecule has 0 amide bonds. The molecule has 0 radical (unpaired) electrons. The molecule has 0 heterocycles. The van der Waals surface area contributed by atoms with Gasteiger partial charge in [-0.15, -0.1) is 0 Å². The summed E-state index contributed by atoms with van der Waals surface area (Å²) in [5, 5.41) is 0. The number of hydrogen-bond acceptors (Lipinski definition) is 1. The number of halogens is 3. The summed E-state index contributed by atoms with van der Waals surface area (Å²) in [6.07, 6.45) is -2.75. The molecule has 1 atom stereocenters. The van der Waals surface area contributed by atoms with Crippen LogP contribution in [0.1, 0.15) is 24.5 Å². The topological polar surface area (TPSA) is 26.0 Å². The van der Waals surface area contributed by atoms with Crippen molar-refractivity contribution in [2.24, 2.45) is 5.73 Å². The first-order valence-corrected chi connectivity index (χ1v) is 4.81. The molecule has 0 aliphatic rings. The predicted octanol–water partition coefficient (Wildman–Crippen LogP) is 2.99. The number of aryl methyl sites for hydroxylation is 1. The number of nitrogens with two attached hydrogens (primary N) is 1. The Bertz CT molecular complexity index is 301. The van der Waals surface area contributed by atoms with Crippen molar-refractivity contribution < 1.29 is 13.2 Å². The molecular weight excluding hydrogens is 203 g/mol. The molecule has 4 heteroatoms. The summed E-state index contributed by atoms with van der Waals surface area (Å²) < 4.78 is 36.6. The normalized spacial score (nSPS) is 13.9. The van der Waals surface area contributed by atoms with Crippen LogP contribution in [0.2, 0.25) is 0 Å². The average molecular weight is 217 g/mol. The van der Waals surface area contributed by atoms with Crippen molar-refractivity contribution in [3.63, 3.8) is 0 Å². The second-order valence-corrected chi connectivity index (χ2v) is 3.71. The molecule has 0 saturated heterocycles. The van der Waals surface area contributed by atoms with E-state index in [2.05, 4.69) is 0 Å². The summed E-state index contributed by atoms with van der Waals surface area (Å²) in [7, 11) is 0. The lowest BCUT2D eigenvalue weighted by molar-refractivity contribution is -0.137. The molecule has 0 bridgehead atoms. The van der Waals surface area contributed by atoms with Gasteiger partial charge in [-0.05, 0) is 37.5 Å². The van der Waals surface area contributed by atoms with Gasteiger partial charge in [-0.2, -0.15) is 13.2 Å². The Morgan fingerprint density at radius 3 is 2.13 bits per heavy atom. The number of benzene rings is 1. The highest BCUT2D eigenvalue weighted by Gasteiger charge is 2.29. The van der Waals surface area contributed by atoms with Crippen LogP contribution in [0.15, 0.2) is 24.3 Å². The van der Waals surface area contributed by atoms with E-state index in [0.29, 0.717) is 0 Å². The monoisotopic (exact) mass is 217 g/mol. The molecule has 1 rings (SSSR count). The van der Waals surface area contributed by atoms with Gasteiger partial charge in [-0.3, -0.25) is 0 Å². The smallest absolute Gasteiger partial charge is 0.328 e. The van der Waals surface area contributed by atoms with E-state index in [1.165, 1.54) is 12.1 Å². The van der Waals surface area contributed by atoms with Crippen molar-refractivity contribution in [2.45, 2.75) is 32.0 Å². The maximum Gasteiger partial charge on any atom is 0.416 e. The Kier molecular flexibility index (Phi) is 3.74. The van der Waals surface area contributed by atoms with Gasteiger partial charge in [0.15, 0.2) is 0 Å². The van der Waals surface area contributed by atoms with Crippen molar-refractivity contribution in [1.29, 1.82) is 0 Å². The lowest BCUT2D eigenvalue weighted by Gasteiger charge is -2.08. The Morgan fingerprint density at radius 2 is 1.73 bits per heavy atom. The van der Waals surface area contributed by atoms with Gasteiger partial charge in [0, 0.05) is 6.04 Å². The zero-order valence-corrected chi connectivity index (χ0v) is 8.51. The van der Waals surface area contributed by atoms with Gasteiger partial charge >= 0.3 is 6.18 Å². The highest BCUT2D eigenvalue weighted by molar-refractivity contribution is 5.24. The quantitative estimate of drug-likeness (QED) is 0.827. The molecule has 0 aliphatic heterocycles. The molecule has 0 unspecified atom stereocenters. The highest BCUT2D eigenvalue weighted by Crippen LogP contribution is 2.29. The van der Waals surface area contributed by atoms with Crippen LogP contribution in [0.3, 0.4) is 0 Å². The molecule has 15 heavy (non-hydrogen) atoms. The molecule has 1 nitrogen and oxygen atoms in total. The zero-order chi connectivity index (χ0) is 11.5. The van der Waals surface area contributed by atoms with E-state index in [1.54, 1.807) is 0 Å². The Morgan fingerprint density at radius 1 is 1.20 bits per heavy atom. The maximum atomic E-state index is 12.2. The molecule has 2 N–H and O–H groups in total. The van der Waals surface area contributed by atoms with Crippen molar-refractivity contribution in [3.8, 4) is 0 Å². The summed E-state index contributed by atoms with van der Waals surface area (Å²) in [5.74, 6) is 0. The van der Waals surface area contributed by atoms with Crippen LogP contribution < -0.4 is 5.73 Å². The first-order chi connectivity index (χ1) is 6.89. The van der Waals surface area contributed by atoms with E-state index in [1.807, 2.05) is 6.92 Å². The van der Waals surface area contributed by atoms with Crippen LogP contribution >= 0.6 is 0 Å². The minimum atomic E-state index is -4.25. The van der Waals surface area contributed by atoms with E-state index in [4.69, 9.17) is 5.73 Å². The summed E-state index contributed by atoms with van der Waals surface area (Å²) >= 11 is 0. The second kappa shape index (κ2) is 4.66. The molecule has 0 spiro atoms. The van der Waals surface area contributed by atoms with Crippen molar-refractivity contribution >= 4 is 0 Å². The Balaban J connectivity index is 2.65. The predicted molar refractivity (Wildman–Crippen MR) is 53.4 cm³/mol. The Labute approximate surface area is 87.1 Å². The second-order valence-electron chi connectivity index (χ2n) is 3.71. The summed E-state index contributed by atoms with van der Waals surface area (Å²) in [5.41, 5.74) is 5.84. The van der Waals surface area contributed by atoms with E-state index in [-0.39, 0.29) is 6.04 Å². The first kappa shape index (κ1) is 12.0. The standard InChI is InChI=1S/C11H14F3N/c1-8(15)2-3-9-4-6-10(7-5-9)11(12,13)14/h4-8H,2-3,15H2,1H3/t8-/m0/s1. The van der Waals surface area contributed by atoms with E-state index >= 15 is 0 Å². The van der Waals surface area contributed by atoms with Gasteiger partial charge in [-0.1, -0.05) is 12.1 Å². The lowest BCUT2D eigenvalue weighted by Crippen LogP contribution is -2.15. The third-order valence-electron chi connectivity index (χ3n) is 2.17. The van der Waals surface area contributed by atoms with Crippen LogP contribution in [0, 0.1) is 0 Å². The van der Waals surface area contributed by atoms with E-state index in [9.17, 15) is 13.2 Å². The molecule has 1 aromatic carbocycles. The largest absolute Gasteiger partial charge is 0.416 e. The fourth-order valence-corrected chi connectivity index (χ4v) is 1.25. The zero-order valence-electron chi connectivity index (χ0n) is 8.51. The SMILES string of the molecule is C[C@H](N)CCc1ccc(C(F)(F)F)cc1. The summed E-state index contributed by atoms with van der Waals surface area (Å²) in [4.78, 5) is 0. The fraction of sp³-hybridized carbons (Fsp3) is 0.455. The maximum absolute atomic E-state index is 12.2. The molecule has 0 fully saturated rings. The van der Waals surface area contributed by atoms with Crippen molar-refractivity contribution in [2.75, 3.05) is 0 Å². The molecule has 84 valence electrons. The molecule has 0 aromatic heterocycles. The minimum absolute atomic E-state index is 0.0762. The van der Waals surface area contributed by atoms with Crippen LogP contribution in [0.4, 0.5) is 13.2 Å². The third-order valence-corrected chi connectivity index (χ3v) is 2.17. The average Bonchev–Trinajstić information content (AvgIpc) is 2.14. The summed E-state index contributed by atoms with van der Waals surface area (Å²) in [6.45, 7) is 1.88. The Hall–Kier alpha value is -1.03. The first-order valence-electron chi connectivity index (χ1n) is 4.81. The highest BCUT2D eigenvalue weighted by atomic mass is 19.4. The van der Waals surface area contributed by atoms with Gasteiger partial charge in [0.1, 0.15) is 0 Å². The van der Waals surface area contributed by atoms with Crippen molar-refractivity contribution in [1.82, 2.24) is 0 Å². The molecule has 0 aliphatic carbocycles. The van der Waals surface area contributed by atoms with E-state index in [0.717, 1.165) is 30.5 Å². The minimum Gasteiger partial charge on any atom is -0.328 e. The van der Waals surface area contributed by atoms with Gasteiger partial charge in [0.25, 0.3) is 0 Å². The number of alkyl halides is 3. The van der Waals surface area contributed by atoms with E-state index < -0.39 is 11.7 Å². The van der Waals surface area contributed by atoms with Gasteiger partial charge < -0.3 is 5.73 Å². The van der Waals surface area contributed by atoms with Gasteiger partial charge in [-0.25, -0.2) is 0 Å². The van der Waals surface area contributed by atoms with Crippen LogP contribution in [-0.2, 0) is 12.6 Å². The third kappa shape index (κ3) is 3.91. The van der Waals surface area contributed by atoms with Crippen LogP contribution in [0.25, 0.3) is 0 Å².